The Morgan fingerprint density at radius 1 is 0.541 bits per heavy atom. The first kappa shape index (κ1) is 26.7. The highest BCUT2D eigenvalue weighted by atomic mass is 35.5. The van der Waals surface area contributed by atoms with Gasteiger partial charge in [-0.2, -0.15) is 0 Å². The van der Waals surface area contributed by atoms with Crippen LogP contribution < -0.4 is 4.74 Å². The molecule has 0 saturated carbocycles. The second-order valence-corrected chi connectivity index (χ2v) is 8.93. The van der Waals surface area contributed by atoms with Crippen molar-refractivity contribution in [3.63, 3.8) is 0 Å². The quantitative estimate of drug-likeness (QED) is 0.0976. The van der Waals surface area contributed by atoms with E-state index in [4.69, 9.17) is 25.8 Å². The molecule has 190 valence electrons. The van der Waals surface area contributed by atoms with E-state index in [2.05, 4.69) is 72.8 Å². The maximum atomic E-state index is 6.26. The van der Waals surface area contributed by atoms with E-state index >= 15 is 0 Å². The lowest BCUT2D eigenvalue weighted by Gasteiger charge is -2.17. The summed E-state index contributed by atoms with van der Waals surface area (Å²) < 4.78 is 17.2. The monoisotopic (exact) mass is 512 g/mol. The molecule has 0 saturated heterocycles. The second-order valence-electron chi connectivity index (χ2n) is 8.55. The van der Waals surface area contributed by atoms with Gasteiger partial charge >= 0.3 is 0 Å². The summed E-state index contributed by atoms with van der Waals surface area (Å²) in [6, 6.07) is 39.4. The molecule has 37 heavy (non-hydrogen) atoms. The van der Waals surface area contributed by atoms with Crippen molar-refractivity contribution in [3.8, 4) is 5.75 Å². The number of halogens is 1. The molecule has 0 aromatic heterocycles. The van der Waals surface area contributed by atoms with Crippen molar-refractivity contribution >= 4 is 22.7 Å². The normalized spacial score (nSPS) is 11.7. The van der Waals surface area contributed by atoms with Gasteiger partial charge in [0.25, 0.3) is 0 Å². The predicted molar refractivity (Wildman–Crippen MR) is 153 cm³/mol. The molecule has 0 aliphatic rings. The summed E-state index contributed by atoms with van der Waals surface area (Å²) in [6.45, 7) is 2.71. The third-order valence-corrected chi connectivity index (χ3v) is 6.14. The predicted octanol–water partition coefficient (Wildman–Crippen LogP) is 7.89. The number of alkyl halides is 1. The average molecular weight is 513 g/mol. The van der Waals surface area contributed by atoms with Crippen LogP contribution >= 0.6 is 11.6 Å². The number of ether oxygens (including phenoxy) is 3. The molecular formula is C33H33ClO3. The van der Waals surface area contributed by atoms with Crippen LogP contribution in [0.4, 0.5) is 0 Å². The SMILES string of the molecule is ClCC/C(=C(/c1ccccc1)c1ccc(OCCOCCOCc2ccccc2)cc1)c1ccccc1. The van der Waals surface area contributed by atoms with E-state index in [-0.39, 0.29) is 0 Å². The highest BCUT2D eigenvalue weighted by Crippen LogP contribution is 2.35. The molecular weight excluding hydrogens is 480 g/mol. The van der Waals surface area contributed by atoms with Crippen molar-refractivity contribution in [1.29, 1.82) is 0 Å². The van der Waals surface area contributed by atoms with Crippen LogP contribution in [0.3, 0.4) is 0 Å². The first-order valence-corrected chi connectivity index (χ1v) is 13.2. The fraction of sp³-hybridized carbons (Fsp3) is 0.212. The lowest BCUT2D eigenvalue weighted by Crippen LogP contribution is -2.10. The van der Waals surface area contributed by atoms with Gasteiger partial charge in [0.2, 0.25) is 0 Å². The van der Waals surface area contributed by atoms with E-state index in [0.29, 0.717) is 38.9 Å². The summed E-state index contributed by atoms with van der Waals surface area (Å²) >= 11 is 6.26. The van der Waals surface area contributed by atoms with Crippen LogP contribution in [-0.4, -0.2) is 32.3 Å². The van der Waals surface area contributed by atoms with Crippen molar-refractivity contribution in [1.82, 2.24) is 0 Å². The Hall–Kier alpha value is -3.37. The number of rotatable bonds is 14. The average Bonchev–Trinajstić information content (AvgIpc) is 2.96. The zero-order valence-electron chi connectivity index (χ0n) is 21.0. The molecule has 0 aliphatic carbocycles. The van der Waals surface area contributed by atoms with Crippen LogP contribution in [0.5, 0.6) is 5.75 Å². The number of hydrogen-bond donors (Lipinski definition) is 0. The third-order valence-electron chi connectivity index (χ3n) is 5.95. The van der Waals surface area contributed by atoms with Crippen LogP contribution in [0, 0.1) is 0 Å². The van der Waals surface area contributed by atoms with Gasteiger partial charge in [-0.1, -0.05) is 103 Å². The molecule has 0 aliphatic heterocycles. The molecule has 0 amide bonds. The molecule has 0 N–H and O–H groups in total. The number of benzene rings is 4. The zero-order chi connectivity index (χ0) is 25.5. The zero-order valence-corrected chi connectivity index (χ0v) is 21.8. The first-order valence-electron chi connectivity index (χ1n) is 12.7. The van der Waals surface area contributed by atoms with Crippen molar-refractivity contribution in [2.45, 2.75) is 13.0 Å². The van der Waals surface area contributed by atoms with Crippen molar-refractivity contribution in [2.24, 2.45) is 0 Å². The van der Waals surface area contributed by atoms with Crippen LogP contribution in [0.15, 0.2) is 115 Å². The molecule has 0 bridgehead atoms. The molecule has 0 radical (unpaired) electrons. The Morgan fingerprint density at radius 3 is 1.73 bits per heavy atom. The van der Waals surface area contributed by atoms with E-state index in [1.165, 1.54) is 22.3 Å². The molecule has 0 fully saturated rings. The standard InChI is InChI=1S/C33H33ClO3/c34-21-20-32(28-12-6-2-7-13-28)33(29-14-8-3-9-15-29)30-16-18-31(19-17-30)37-25-24-35-22-23-36-26-27-10-4-1-5-11-27/h1-19H,20-26H2/b33-32+. The van der Waals surface area contributed by atoms with E-state index in [0.717, 1.165) is 23.3 Å². The molecule has 4 aromatic carbocycles. The van der Waals surface area contributed by atoms with E-state index in [1.807, 2.05) is 42.5 Å². The van der Waals surface area contributed by atoms with E-state index in [9.17, 15) is 0 Å². The molecule has 4 aromatic rings. The lowest BCUT2D eigenvalue weighted by atomic mass is 9.88. The van der Waals surface area contributed by atoms with Gasteiger partial charge in [0, 0.05) is 5.88 Å². The minimum absolute atomic E-state index is 0.487. The van der Waals surface area contributed by atoms with Crippen molar-refractivity contribution in [2.75, 3.05) is 32.3 Å². The summed E-state index contributed by atoms with van der Waals surface area (Å²) in [5, 5.41) is 0. The number of hydrogen-bond acceptors (Lipinski definition) is 3. The largest absolute Gasteiger partial charge is 0.491 e. The molecule has 4 rings (SSSR count). The Kier molecular flexibility index (Phi) is 10.8. The molecule has 0 atom stereocenters. The minimum atomic E-state index is 0.487. The van der Waals surface area contributed by atoms with Crippen molar-refractivity contribution < 1.29 is 14.2 Å². The van der Waals surface area contributed by atoms with Gasteiger partial charge in [-0.05, 0) is 52.0 Å². The van der Waals surface area contributed by atoms with E-state index in [1.54, 1.807) is 0 Å². The van der Waals surface area contributed by atoms with Crippen molar-refractivity contribution in [3.05, 3.63) is 138 Å². The highest BCUT2D eigenvalue weighted by molar-refractivity contribution is 6.18. The summed E-state index contributed by atoms with van der Waals surface area (Å²) in [7, 11) is 0. The maximum Gasteiger partial charge on any atom is 0.119 e. The van der Waals surface area contributed by atoms with Gasteiger partial charge in [0.1, 0.15) is 12.4 Å². The maximum absolute atomic E-state index is 6.26. The van der Waals surface area contributed by atoms with Crippen LogP contribution in [-0.2, 0) is 16.1 Å². The smallest absolute Gasteiger partial charge is 0.119 e. The summed E-state index contributed by atoms with van der Waals surface area (Å²) in [4.78, 5) is 0. The molecule has 4 heteroatoms. The Labute approximate surface area is 225 Å². The highest BCUT2D eigenvalue weighted by Gasteiger charge is 2.14. The molecule has 0 spiro atoms. The van der Waals surface area contributed by atoms with Crippen LogP contribution in [0.25, 0.3) is 11.1 Å². The van der Waals surface area contributed by atoms with Gasteiger partial charge < -0.3 is 14.2 Å². The fourth-order valence-corrected chi connectivity index (χ4v) is 4.38. The molecule has 0 unspecified atom stereocenters. The van der Waals surface area contributed by atoms with Gasteiger partial charge in [0.15, 0.2) is 0 Å². The topological polar surface area (TPSA) is 27.7 Å². The minimum Gasteiger partial charge on any atom is -0.491 e. The van der Waals surface area contributed by atoms with Gasteiger partial charge in [-0.15, -0.1) is 11.6 Å². The summed E-state index contributed by atoms with van der Waals surface area (Å²) in [5.74, 6) is 1.37. The molecule has 0 heterocycles. The number of allylic oxidation sites excluding steroid dienone is 1. The Balaban J connectivity index is 1.34. The second kappa shape index (κ2) is 15.0. The third kappa shape index (κ3) is 8.33. The van der Waals surface area contributed by atoms with Crippen LogP contribution in [0.1, 0.15) is 28.7 Å². The van der Waals surface area contributed by atoms with Gasteiger partial charge in [-0.3, -0.25) is 0 Å². The summed E-state index contributed by atoms with van der Waals surface area (Å²) in [5.41, 5.74) is 7.08. The lowest BCUT2D eigenvalue weighted by molar-refractivity contribution is 0.0303. The van der Waals surface area contributed by atoms with Crippen LogP contribution in [0.2, 0.25) is 0 Å². The van der Waals surface area contributed by atoms with Gasteiger partial charge in [-0.25, -0.2) is 0 Å². The first-order chi connectivity index (χ1) is 18.3. The van der Waals surface area contributed by atoms with Gasteiger partial charge in [0.05, 0.1) is 26.4 Å². The fourth-order valence-electron chi connectivity index (χ4n) is 4.19. The Morgan fingerprint density at radius 2 is 1.08 bits per heavy atom. The van der Waals surface area contributed by atoms with E-state index < -0.39 is 0 Å². The summed E-state index contributed by atoms with van der Waals surface area (Å²) in [6.07, 6.45) is 0.778. The molecule has 3 nitrogen and oxygen atoms in total. The Bertz CT molecular complexity index is 1210.